The van der Waals surface area contributed by atoms with Crippen molar-refractivity contribution in [2.24, 2.45) is 0 Å². The third-order valence-corrected chi connectivity index (χ3v) is 16.1. The van der Waals surface area contributed by atoms with Crippen molar-refractivity contribution in [3.63, 3.8) is 0 Å². The molecule has 0 fully saturated rings. The maximum Gasteiger partial charge on any atom is 0.0732 e. The molecule has 1 spiro atoms. The summed E-state index contributed by atoms with van der Waals surface area (Å²) >= 11 is 0. The van der Waals surface area contributed by atoms with E-state index in [-0.39, 0.29) is 0 Å². The molecule has 0 bridgehead atoms. The van der Waals surface area contributed by atoms with E-state index in [0.29, 0.717) is 0 Å². The Morgan fingerprint density at radius 2 is 0.704 bits per heavy atom. The highest BCUT2D eigenvalue weighted by atomic mass is 15.1. The highest BCUT2D eigenvalue weighted by Crippen LogP contribution is 2.65. The molecule has 0 amide bonds. The van der Waals surface area contributed by atoms with Gasteiger partial charge in [0.25, 0.3) is 0 Å². The zero-order chi connectivity index (χ0) is 46.7. The van der Waals surface area contributed by atoms with E-state index in [1.807, 2.05) is 0 Å². The lowest BCUT2D eigenvalue weighted by Crippen LogP contribution is -2.32. The summed E-state index contributed by atoms with van der Waals surface area (Å²) < 4.78 is 0. The summed E-state index contributed by atoms with van der Waals surface area (Å²) in [5, 5.41) is 5.08. The molecular formula is C70H45N. The van der Waals surface area contributed by atoms with Gasteiger partial charge in [0.2, 0.25) is 0 Å². The van der Waals surface area contributed by atoms with Crippen LogP contribution >= 0.6 is 0 Å². The molecule has 1 nitrogen and oxygen atoms in total. The standard InChI is InChI=1S/C70H45N/c1-4-23-48(24-5-1)69(49-25-6-2-7-26-49)62-35-15-14-32-57(62)61-44-51(40-43-65(61)69)71(50-27-8-3-9-28-50)52-39-42-58-55-30-12-16-36-63(55)70(66(58)45-52)64-37-17-13-31-56(64)59-34-19-22-47-38-41-60(68(70)67(47)59)54-33-18-21-46-20-10-11-29-53(46)54/h1-45H. The lowest BCUT2D eigenvalue weighted by Gasteiger charge is -2.42. The second-order valence-corrected chi connectivity index (χ2v) is 19.4. The molecule has 330 valence electrons. The number of hydrogen-bond acceptors (Lipinski definition) is 1. The van der Waals surface area contributed by atoms with Crippen molar-refractivity contribution in [1.82, 2.24) is 0 Å². The van der Waals surface area contributed by atoms with E-state index in [1.54, 1.807) is 0 Å². The van der Waals surface area contributed by atoms with Gasteiger partial charge in [0, 0.05) is 17.1 Å². The molecule has 0 saturated carbocycles. The van der Waals surface area contributed by atoms with Gasteiger partial charge in [0.15, 0.2) is 0 Å². The number of para-hydroxylation sites is 1. The average molecular weight is 900 g/mol. The molecule has 1 heteroatoms. The quantitative estimate of drug-likeness (QED) is 0.161. The normalized spacial score (nSPS) is 15.2. The molecule has 71 heavy (non-hydrogen) atoms. The van der Waals surface area contributed by atoms with Gasteiger partial charge in [0.05, 0.1) is 10.8 Å². The van der Waals surface area contributed by atoms with Crippen LogP contribution in [-0.4, -0.2) is 0 Å². The molecule has 0 N–H and O–H groups in total. The van der Waals surface area contributed by atoms with Crippen LogP contribution in [0.5, 0.6) is 0 Å². The zero-order valence-electron chi connectivity index (χ0n) is 38.9. The number of fused-ring (bicyclic) bond motifs is 13. The van der Waals surface area contributed by atoms with Gasteiger partial charge in [0.1, 0.15) is 0 Å². The SMILES string of the molecule is c1ccc(N(c2ccc3c(c2)-c2ccccc2C3(c2ccccc2)c2ccccc2)c2ccc3c(c2)C2(c4ccccc4-3)c3ccccc3-c3cccc4ccc(-c5cccc6ccccc56)c2c34)cc1. The van der Waals surface area contributed by atoms with Crippen LogP contribution in [0.4, 0.5) is 17.1 Å². The van der Waals surface area contributed by atoms with Crippen LogP contribution in [0.2, 0.25) is 0 Å². The van der Waals surface area contributed by atoms with Gasteiger partial charge >= 0.3 is 0 Å². The number of rotatable bonds is 6. The van der Waals surface area contributed by atoms with Crippen molar-refractivity contribution in [3.05, 3.63) is 317 Å². The number of hydrogen-bond donors (Lipinski definition) is 0. The van der Waals surface area contributed by atoms with E-state index < -0.39 is 10.8 Å². The van der Waals surface area contributed by atoms with Gasteiger partial charge in [-0.3, -0.25) is 0 Å². The van der Waals surface area contributed by atoms with Gasteiger partial charge < -0.3 is 4.90 Å². The number of nitrogens with zero attached hydrogens (tertiary/aromatic N) is 1. The van der Waals surface area contributed by atoms with Crippen molar-refractivity contribution >= 4 is 38.6 Å². The molecule has 0 saturated heterocycles. The Balaban J connectivity index is 1.02. The van der Waals surface area contributed by atoms with E-state index in [4.69, 9.17) is 0 Å². The highest BCUT2D eigenvalue weighted by Gasteiger charge is 2.52. The van der Waals surface area contributed by atoms with Crippen molar-refractivity contribution in [3.8, 4) is 44.5 Å². The summed E-state index contributed by atoms with van der Waals surface area (Å²) in [6.45, 7) is 0. The van der Waals surface area contributed by atoms with E-state index in [0.717, 1.165) is 17.1 Å². The van der Waals surface area contributed by atoms with Crippen molar-refractivity contribution in [1.29, 1.82) is 0 Å². The van der Waals surface area contributed by atoms with Gasteiger partial charge in [-0.2, -0.15) is 0 Å². The summed E-state index contributed by atoms with van der Waals surface area (Å²) in [6, 6.07) is 103. The molecule has 12 aromatic rings. The van der Waals surface area contributed by atoms with E-state index in [9.17, 15) is 0 Å². The van der Waals surface area contributed by atoms with Crippen molar-refractivity contribution in [2.45, 2.75) is 10.8 Å². The minimum atomic E-state index is -0.650. The molecule has 0 aliphatic heterocycles. The van der Waals surface area contributed by atoms with Crippen LogP contribution in [0, 0.1) is 0 Å². The van der Waals surface area contributed by atoms with E-state index in [1.165, 1.54) is 111 Å². The largest absolute Gasteiger partial charge is 0.310 e. The first-order valence-corrected chi connectivity index (χ1v) is 24.8. The predicted molar refractivity (Wildman–Crippen MR) is 295 cm³/mol. The number of benzene rings is 12. The molecule has 0 aromatic heterocycles. The fraction of sp³-hybridized carbons (Fsp3) is 0.0286. The first kappa shape index (κ1) is 39.9. The van der Waals surface area contributed by atoms with Crippen LogP contribution in [-0.2, 0) is 10.8 Å². The summed E-state index contributed by atoms with van der Waals surface area (Å²) in [7, 11) is 0. The molecule has 3 aliphatic rings. The minimum Gasteiger partial charge on any atom is -0.310 e. The molecule has 1 unspecified atom stereocenters. The molecule has 12 aromatic carbocycles. The lowest BCUT2D eigenvalue weighted by atomic mass is 9.60. The summed E-state index contributed by atoms with van der Waals surface area (Å²) in [5.74, 6) is 0. The Labute approximate surface area is 414 Å². The molecule has 3 aliphatic carbocycles. The van der Waals surface area contributed by atoms with E-state index in [2.05, 4.69) is 278 Å². The lowest BCUT2D eigenvalue weighted by molar-refractivity contribution is 0.768. The first-order valence-electron chi connectivity index (χ1n) is 24.8. The van der Waals surface area contributed by atoms with Gasteiger partial charge in [-0.1, -0.05) is 237 Å². The Kier molecular flexibility index (Phi) is 8.56. The fourth-order valence-electron chi connectivity index (χ4n) is 13.4. The van der Waals surface area contributed by atoms with Gasteiger partial charge in [-0.25, -0.2) is 0 Å². The first-order chi connectivity index (χ1) is 35.2. The zero-order valence-corrected chi connectivity index (χ0v) is 38.9. The fourth-order valence-corrected chi connectivity index (χ4v) is 13.4. The Bertz CT molecular complexity index is 4070. The van der Waals surface area contributed by atoms with Crippen LogP contribution in [0.1, 0.15) is 44.5 Å². The Morgan fingerprint density at radius 1 is 0.239 bits per heavy atom. The second-order valence-electron chi connectivity index (χ2n) is 19.4. The van der Waals surface area contributed by atoms with Gasteiger partial charge in [-0.15, -0.1) is 0 Å². The third kappa shape index (κ3) is 5.41. The minimum absolute atomic E-state index is 0.482. The van der Waals surface area contributed by atoms with Crippen LogP contribution in [0.3, 0.4) is 0 Å². The predicted octanol–water partition coefficient (Wildman–Crippen LogP) is 17.8. The van der Waals surface area contributed by atoms with Crippen molar-refractivity contribution in [2.75, 3.05) is 4.90 Å². The summed E-state index contributed by atoms with van der Waals surface area (Å²) in [4.78, 5) is 2.49. The van der Waals surface area contributed by atoms with E-state index >= 15 is 0 Å². The second kappa shape index (κ2) is 15.2. The maximum atomic E-state index is 2.54. The molecule has 0 radical (unpaired) electrons. The topological polar surface area (TPSA) is 3.24 Å². The summed E-state index contributed by atoms with van der Waals surface area (Å²) in [6.07, 6.45) is 0. The Hall–Kier alpha value is -9.04. The van der Waals surface area contributed by atoms with Gasteiger partial charge in [-0.05, 0) is 147 Å². The molecule has 15 rings (SSSR count). The smallest absolute Gasteiger partial charge is 0.0732 e. The maximum absolute atomic E-state index is 2.54. The van der Waals surface area contributed by atoms with Crippen LogP contribution in [0.25, 0.3) is 66.1 Å². The number of anilines is 3. The van der Waals surface area contributed by atoms with Crippen molar-refractivity contribution < 1.29 is 0 Å². The van der Waals surface area contributed by atoms with Crippen LogP contribution < -0.4 is 4.90 Å². The summed E-state index contributed by atoms with van der Waals surface area (Å²) in [5.41, 5.74) is 22.8. The Morgan fingerprint density at radius 3 is 1.41 bits per heavy atom. The molecule has 0 heterocycles. The molecular weight excluding hydrogens is 855 g/mol. The average Bonchev–Trinajstić information content (AvgIpc) is 3.91. The third-order valence-electron chi connectivity index (χ3n) is 16.1. The molecule has 1 atom stereocenters. The highest BCUT2D eigenvalue weighted by molar-refractivity contribution is 6.12. The van der Waals surface area contributed by atoms with Crippen LogP contribution in [0.15, 0.2) is 273 Å². The monoisotopic (exact) mass is 899 g/mol.